The van der Waals surface area contributed by atoms with Gasteiger partial charge >= 0.3 is 0 Å². The Morgan fingerprint density at radius 1 is 1.10 bits per heavy atom. The Labute approximate surface area is 118 Å². The lowest BCUT2D eigenvalue weighted by molar-refractivity contribution is 0.0613. The van der Waals surface area contributed by atoms with E-state index in [0.717, 1.165) is 51.6 Å². The lowest BCUT2D eigenvalue weighted by Gasteiger charge is -2.23. The van der Waals surface area contributed by atoms with Gasteiger partial charge in [0.15, 0.2) is 0 Å². The summed E-state index contributed by atoms with van der Waals surface area (Å²) in [5.41, 5.74) is 5.12. The van der Waals surface area contributed by atoms with Gasteiger partial charge in [-0.05, 0) is 25.7 Å². The predicted octanol–water partition coefficient (Wildman–Crippen LogP) is 0.771. The van der Waals surface area contributed by atoms with Gasteiger partial charge in [0.05, 0.1) is 5.60 Å². The maximum Gasteiger partial charge on any atom is 0.231 e. The van der Waals surface area contributed by atoms with Crippen molar-refractivity contribution in [3.8, 4) is 0 Å². The van der Waals surface area contributed by atoms with Crippen molar-refractivity contribution in [2.24, 2.45) is 0 Å². The van der Waals surface area contributed by atoms with Crippen LogP contribution in [0.4, 0.5) is 17.8 Å². The molecule has 7 nitrogen and oxygen atoms in total. The Morgan fingerprint density at radius 2 is 1.80 bits per heavy atom. The molecular weight excluding hydrogens is 256 g/mol. The lowest BCUT2D eigenvalue weighted by Crippen LogP contribution is -2.34. The molecule has 1 aromatic heterocycles. The third-order valence-electron chi connectivity index (χ3n) is 4.14. The number of hydrogen-bond acceptors (Lipinski definition) is 7. The van der Waals surface area contributed by atoms with E-state index in [2.05, 4.69) is 25.2 Å². The number of hydrogen-bond donors (Lipinski definition) is 3. The van der Waals surface area contributed by atoms with E-state index in [9.17, 15) is 5.11 Å². The number of nitrogens with one attached hydrogen (secondary N) is 1. The minimum atomic E-state index is -0.630. The van der Waals surface area contributed by atoms with Gasteiger partial charge < -0.3 is 21.1 Å². The fourth-order valence-corrected chi connectivity index (χ4v) is 2.97. The Bertz CT molecular complexity index is 468. The predicted molar refractivity (Wildman–Crippen MR) is 77.6 cm³/mol. The van der Waals surface area contributed by atoms with E-state index in [1.165, 1.54) is 0 Å². The van der Waals surface area contributed by atoms with E-state index in [0.29, 0.717) is 18.4 Å². The number of nitrogens with zero attached hydrogens (tertiary/aromatic N) is 4. The summed E-state index contributed by atoms with van der Waals surface area (Å²) in [6, 6.07) is 0. The molecule has 2 heterocycles. The fourth-order valence-electron chi connectivity index (χ4n) is 2.97. The first-order chi connectivity index (χ1) is 9.65. The van der Waals surface area contributed by atoms with E-state index in [1.54, 1.807) is 0 Å². The van der Waals surface area contributed by atoms with Crippen LogP contribution < -0.4 is 16.0 Å². The highest BCUT2D eigenvalue weighted by atomic mass is 16.3. The maximum atomic E-state index is 10.3. The molecule has 20 heavy (non-hydrogen) atoms. The minimum Gasteiger partial charge on any atom is -0.388 e. The summed E-state index contributed by atoms with van der Waals surface area (Å²) >= 11 is 0. The summed E-state index contributed by atoms with van der Waals surface area (Å²) in [6.45, 7) is 2.40. The molecule has 4 N–H and O–H groups in total. The van der Waals surface area contributed by atoms with Crippen molar-refractivity contribution in [1.29, 1.82) is 0 Å². The second-order valence-corrected chi connectivity index (χ2v) is 5.80. The SMILES string of the molecule is Nc1nc(NCC2(O)CCCC2)nc(N2CCCC2)n1. The normalized spacial score (nSPS) is 21.4. The van der Waals surface area contributed by atoms with Crippen LogP contribution in [-0.4, -0.2) is 45.3 Å². The highest BCUT2D eigenvalue weighted by molar-refractivity contribution is 5.42. The molecule has 0 bridgehead atoms. The molecule has 1 saturated heterocycles. The maximum absolute atomic E-state index is 10.3. The average molecular weight is 278 g/mol. The Kier molecular flexibility index (Phi) is 3.60. The largest absolute Gasteiger partial charge is 0.388 e. The second kappa shape index (κ2) is 5.40. The quantitative estimate of drug-likeness (QED) is 0.748. The molecule has 2 aliphatic rings. The highest BCUT2D eigenvalue weighted by Gasteiger charge is 2.31. The molecule has 2 fully saturated rings. The third-order valence-corrected chi connectivity index (χ3v) is 4.14. The van der Waals surface area contributed by atoms with Crippen LogP contribution in [0.2, 0.25) is 0 Å². The van der Waals surface area contributed by atoms with Crippen molar-refractivity contribution in [3.63, 3.8) is 0 Å². The summed E-state index contributed by atoms with van der Waals surface area (Å²) in [7, 11) is 0. The molecule has 1 aliphatic heterocycles. The smallest absolute Gasteiger partial charge is 0.231 e. The first kappa shape index (κ1) is 13.4. The summed E-state index contributed by atoms with van der Waals surface area (Å²) < 4.78 is 0. The van der Waals surface area contributed by atoms with Gasteiger partial charge in [0, 0.05) is 19.6 Å². The molecule has 0 amide bonds. The van der Waals surface area contributed by atoms with Crippen molar-refractivity contribution < 1.29 is 5.11 Å². The van der Waals surface area contributed by atoms with Crippen molar-refractivity contribution in [3.05, 3.63) is 0 Å². The summed E-state index contributed by atoms with van der Waals surface area (Å²) in [4.78, 5) is 14.8. The van der Waals surface area contributed by atoms with Crippen LogP contribution in [0.25, 0.3) is 0 Å². The van der Waals surface area contributed by atoms with Gasteiger partial charge in [-0.1, -0.05) is 12.8 Å². The van der Waals surface area contributed by atoms with Crippen molar-refractivity contribution in [2.45, 2.75) is 44.1 Å². The van der Waals surface area contributed by atoms with Crippen LogP contribution in [0.3, 0.4) is 0 Å². The zero-order valence-corrected chi connectivity index (χ0v) is 11.7. The van der Waals surface area contributed by atoms with Crippen molar-refractivity contribution in [1.82, 2.24) is 15.0 Å². The Balaban J connectivity index is 1.69. The summed E-state index contributed by atoms with van der Waals surface area (Å²) in [6.07, 6.45) is 6.15. The summed E-state index contributed by atoms with van der Waals surface area (Å²) in [5.74, 6) is 1.32. The van der Waals surface area contributed by atoms with E-state index in [4.69, 9.17) is 5.73 Å². The molecule has 7 heteroatoms. The van der Waals surface area contributed by atoms with Gasteiger partial charge in [-0.15, -0.1) is 0 Å². The van der Waals surface area contributed by atoms with E-state index in [1.807, 2.05) is 0 Å². The molecule has 0 aromatic carbocycles. The van der Waals surface area contributed by atoms with Crippen LogP contribution in [0.5, 0.6) is 0 Å². The van der Waals surface area contributed by atoms with Crippen molar-refractivity contribution in [2.75, 3.05) is 35.6 Å². The zero-order valence-electron chi connectivity index (χ0n) is 11.7. The summed E-state index contributed by atoms with van der Waals surface area (Å²) in [5, 5.41) is 13.4. The molecule has 110 valence electrons. The minimum absolute atomic E-state index is 0.225. The number of anilines is 3. The number of rotatable bonds is 4. The van der Waals surface area contributed by atoms with Crippen LogP contribution in [0, 0.1) is 0 Å². The molecule has 1 aromatic rings. The van der Waals surface area contributed by atoms with Gasteiger partial charge in [0.2, 0.25) is 17.8 Å². The highest BCUT2D eigenvalue weighted by Crippen LogP contribution is 2.29. The third kappa shape index (κ3) is 2.92. The van der Waals surface area contributed by atoms with Crippen molar-refractivity contribution >= 4 is 17.8 Å². The fraction of sp³-hybridized carbons (Fsp3) is 0.769. The first-order valence-electron chi connectivity index (χ1n) is 7.37. The van der Waals surface area contributed by atoms with E-state index in [-0.39, 0.29) is 5.95 Å². The van der Waals surface area contributed by atoms with Gasteiger partial charge in [0.25, 0.3) is 0 Å². The average Bonchev–Trinajstić information content (AvgIpc) is 3.08. The number of aliphatic hydroxyl groups is 1. The molecule has 1 saturated carbocycles. The van der Waals surface area contributed by atoms with Gasteiger partial charge in [0.1, 0.15) is 0 Å². The Morgan fingerprint density at radius 3 is 2.50 bits per heavy atom. The molecule has 3 rings (SSSR count). The monoisotopic (exact) mass is 278 g/mol. The van der Waals surface area contributed by atoms with Crippen LogP contribution in [-0.2, 0) is 0 Å². The van der Waals surface area contributed by atoms with Crippen LogP contribution in [0.1, 0.15) is 38.5 Å². The number of aromatic nitrogens is 3. The number of nitrogens with two attached hydrogens (primary N) is 1. The molecular formula is C13H22N6O. The van der Waals surface area contributed by atoms with E-state index < -0.39 is 5.60 Å². The van der Waals surface area contributed by atoms with E-state index >= 15 is 0 Å². The van der Waals surface area contributed by atoms with Gasteiger partial charge in [-0.3, -0.25) is 0 Å². The molecule has 0 spiro atoms. The van der Waals surface area contributed by atoms with Crippen LogP contribution in [0.15, 0.2) is 0 Å². The Hall–Kier alpha value is -1.63. The zero-order chi connectivity index (χ0) is 14.0. The second-order valence-electron chi connectivity index (χ2n) is 5.80. The first-order valence-corrected chi connectivity index (χ1v) is 7.37. The standard InChI is InChI=1S/C13H22N6O/c14-10-16-11(15-9-13(20)5-1-2-6-13)18-12(17-10)19-7-3-4-8-19/h20H,1-9H2,(H3,14,15,16,17,18). The van der Waals surface area contributed by atoms with Crippen LogP contribution >= 0.6 is 0 Å². The molecule has 1 aliphatic carbocycles. The lowest BCUT2D eigenvalue weighted by atomic mass is 10.0. The topological polar surface area (TPSA) is 100 Å². The number of nitrogen functional groups attached to an aromatic ring is 1. The molecule has 0 unspecified atom stereocenters. The van der Waals surface area contributed by atoms with Gasteiger partial charge in [-0.2, -0.15) is 15.0 Å². The molecule has 0 radical (unpaired) electrons. The molecule has 0 atom stereocenters. The van der Waals surface area contributed by atoms with Gasteiger partial charge in [-0.25, -0.2) is 0 Å².